The number of rotatable bonds is 4. The van der Waals surface area contributed by atoms with Crippen LogP contribution in [0.15, 0.2) is 0 Å². The van der Waals surface area contributed by atoms with Crippen molar-refractivity contribution in [1.29, 1.82) is 0 Å². The van der Waals surface area contributed by atoms with Crippen molar-refractivity contribution in [2.45, 2.75) is 27.2 Å². The van der Waals surface area contributed by atoms with Gasteiger partial charge in [-0.2, -0.15) is 0 Å². The zero-order valence-corrected chi connectivity index (χ0v) is 8.41. The SMILES string of the molecule is CCCSC(=O)N(CC)CC. The molecule has 0 aliphatic carbocycles. The Hall–Kier alpha value is -0.180. The Morgan fingerprint density at radius 1 is 1.27 bits per heavy atom. The molecular weight excluding hydrogens is 158 g/mol. The molecule has 0 fully saturated rings. The van der Waals surface area contributed by atoms with Gasteiger partial charge in [-0.25, -0.2) is 0 Å². The van der Waals surface area contributed by atoms with Crippen molar-refractivity contribution in [3.8, 4) is 0 Å². The summed E-state index contributed by atoms with van der Waals surface area (Å²) in [6.45, 7) is 7.75. The van der Waals surface area contributed by atoms with Gasteiger partial charge in [0.05, 0.1) is 0 Å². The van der Waals surface area contributed by atoms with Crippen LogP contribution in [0.1, 0.15) is 27.2 Å². The Morgan fingerprint density at radius 3 is 2.18 bits per heavy atom. The normalized spacial score (nSPS) is 9.73. The summed E-state index contributed by atoms with van der Waals surface area (Å²) in [7, 11) is 0. The van der Waals surface area contributed by atoms with E-state index in [4.69, 9.17) is 0 Å². The summed E-state index contributed by atoms with van der Waals surface area (Å²) in [6, 6.07) is 0. The molecule has 11 heavy (non-hydrogen) atoms. The van der Waals surface area contributed by atoms with Crippen LogP contribution in [0, 0.1) is 0 Å². The maximum absolute atomic E-state index is 11.3. The first-order valence-electron chi connectivity index (χ1n) is 4.17. The Bertz CT molecular complexity index is 113. The quantitative estimate of drug-likeness (QED) is 0.654. The summed E-state index contributed by atoms with van der Waals surface area (Å²) in [5, 5.41) is 0.219. The molecule has 0 aromatic rings. The summed E-state index contributed by atoms with van der Waals surface area (Å²) in [5.74, 6) is 0.940. The number of nitrogens with zero attached hydrogens (tertiary/aromatic N) is 1. The fourth-order valence-corrected chi connectivity index (χ4v) is 1.58. The van der Waals surface area contributed by atoms with Gasteiger partial charge in [-0.1, -0.05) is 18.7 Å². The molecule has 0 rings (SSSR count). The first-order valence-corrected chi connectivity index (χ1v) is 5.16. The second kappa shape index (κ2) is 6.53. The van der Waals surface area contributed by atoms with Crippen molar-refractivity contribution < 1.29 is 4.79 Å². The molecule has 0 radical (unpaired) electrons. The highest BCUT2D eigenvalue weighted by atomic mass is 32.2. The van der Waals surface area contributed by atoms with Crippen LogP contribution < -0.4 is 0 Å². The molecule has 1 amide bonds. The van der Waals surface area contributed by atoms with Crippen LogP contribution in [-0.2, 0) is 0 Å². The van der Waals surface area contributed by atoms with Gasteiger partial charge >= 0.3 is 0 Å². The number of carbonyl (C=O) groups excluding carboxylic acids is 1. The first kappa shape index (κ1) is 10.8. The fourth-order valence-electron chi connectivity index (χ4n) is 0.762. The Morgan fingerprint density at radius 2 is 1.82 bits per heavy atom. The van der Waals surface area contributed by atoms with E-state index in [0.717, 1.165) is 25.3 Å². The van der Waals surface area contributed by atoms with Crippen molar-refractivity contribution in [3.05, 3.63) is 0 Å². The molecule has 0 atom stereocenters. The van der Waals surface area contributed by atoms with Crippen LogP contribution in [0.4, 0.5) is 4.79 Å². The Kier molecular flexibility index (Phi) is 6.42. The van der Waals surface area contributed by atoms with Crippen molar-refractivity contribution in [3.63, 3.8) is 0 Å². The molecule has 0 aliphatic rings. The maximum Gasteiger partial charge on any atom is 0.281 e. The molecule has 0 aromatic heterocycles. The van der Waals surface area contributed by atoms with E-state index in [0.29, 0.717) is 0 Å². The smallest absolute Gasteiger partial charge is 0.281 e. The van der Waals surface area contributed by atoms with Crippen molar-refractivity contribution in [2.24, 2.45) is 0 Å². The third-order valence-electron chi connectivity index (χ3n) is 1.45. The third-order valence-corrected chi connectivity index (χ3v) is 2.57. The maximum atomic E-state index is 11.3. The second-order valence-corrected chi connectivity index (χ2v) is 3.33. The van der Waals surface area contributed by atoms with E-state index >= 15 is 0 Å². The van der Waals surface area contributed by atoms with Gasteiger partial charge in [0, 0.05) is 18.8 Å². The van der Waals surface area contributed by atoms with Crippen LogP contribution >= 0.6 is 11.8 Å². The largest absolute Gasteiger partial charge is 0.334 e. The standard InChI is InChI=1S/C8H17NOS/c1-4-7-11-8(10)9(5-2)6-3/h4-7H2,1-3H3. The van der Waals surface area contributed by atoms with Gasteiger partial charge in [0.25, 0.3) is 5.24 Å². The van der Waals surface area contributed by atoms with E-state index in [-0.39, 0.29) is 5.24 Å². The van der Waals surface area contributed by atoms with Gasteiger partial charge in [0.2, 0.25) is 0 Å². The van der Waals surface area contributed by atoms with Crippen molar-refractivity contribution in [1.82, 2.24) is 4.90 Å². The zero-order valence-electron chi connectivity index (χ0n) is 7.59. The Balaban J connectivity index is 3.61. The van der Waals surface area contributed by atoms with Crippen LogP contribution in [0.2, 0.25) is 0 Å². The van der Waals surface area contributed by atoms with Gasteiger partial charge in [-0.05, 0) is 20.3 Å². The van der Waals surface area contributed by atoms with Crippen LogP contribution in [0.3, 0.4) is 0 Å². The number of hydrogen-bond acceptors (Lipinski definition) is 2. The topological polar surface area (TPSA) is 20.3 Å². The average molecular weight is 175 g/mol. The number of amides is 1. The molecule has 0 heterocycles. The van der Waals surface area contributed by atoms with Crippen LogP contribution in [0.25, 0.3) is 0 Å². The third kappa shape index (κ3) is 4.30. The molecule has 0 N–H and O–H groups in total. The lowest BCUT2D eigenvalue weighted by molar-refractivity contribution is 0.228. The van der Waals surface area contributed by atoms with Crippen molar-refractivity contribution >= 4 is 17.0 Å². The molecule has 0 aliphatic heterocycles. The molecule has 0 saturated carbocycles. The van der Waals surface area contributed by atoms with E-state index in [2.05, 4.69) is 6.92 Å². The predicted molar refractivity (Wildman–Crippen MR) is 51.1 cm³/mol. The minimum atomic E-state index is 0.219. The van der Waals surface area contributed by atoms with E-state index < -0.39 is 0 Å². The predicted octanol–water partition coefficient (Wildman–Crippen LogP) is 2.59. The molecule has 2 nitrogen and oxygen atoms in total. The fraction of sp³-hybridized carbons (Fsp3) is 0.875. The molecule has 0 bridgehead atoms. The lowest BCUT2D eigenvalue weighted by Crippen LogP contribution is -2.26. The van der Waals surface area contributed by atoms with E-state index in [1.807, 2.05) is 18.7 Å². The van der Waals surface area contributed by atoms with Gasteiger partial charge in [0.15, 0.2) is 0 Å². The highest BCUT2D eigenvalue weighted by molar-refractivity contribution is 8.13. The molecule has 0 saturated heterocycles. The summed E-state index contributed by atoms with van der Waals surface area (Å²) >= 11 is 1.42. The zero-order chi connectivity index (χ0) is 8.69. The van der Waals surface area contributed by atoms with Gasteiger partial charge < -0.3 is 4.90 Å². The summed E-state index contributed by atoms with van der Waals surface area (Å²) in [4.78, 5) is 13.1. The van der Waals surface area contributed by atoms with Gasteiger partial charge in [-0.15, -0.1) is 0 Å². The summed E-state index contributed by atoms with van der Waals surface area (Å²) in [6.07, 6.45) is 1.07. The lowest BCUT2D eigenvalue weighted by atomic mass is 10.6. The average Bonchev–Trinajstić information content (AvgIpc) is 2.03. The number of thioether (sulfide) groups is 1. The van der Waals surface area contributed by atoms with Gasteiger partial charge in [0.1, 0.15) is 0 Å². The van der Waals surface area contributed by atoms with E-state index in [9.17, 15) is 4.79 Å². The molecule has 0 spiro atoms. The monoisotopic (exact) mass is 175 g/mol. The van der Waals surface area contributed by atoms with E-state index in [1.165, 1.54) is 11.8 Å². The molecule has 3 heteroatoms. The number of hydrogen-bond donors (Lipinski definition) is 0. The second-order valence-electron chi connectivity index (χ2n) is 2.29. The highest BCUT2D eigenvalue weighted by Gasteiger charge is 2.07. The van der Waals surface area contributed by atoms with Crippen LogP contribution in [0.5, 0.6) is 0 Å². The minimum Gasteiger partial charge on any atom is -0.334 e. The summed E-state index contributed by atoms with van der Waals surface area (Å²) in [5.41, 5.74) is 0. The van der Waals surface area contributed by atoms with Crippen LogP contribution in [-0.4, -0.2) is 29.0 Å². The lowest BCUT2D eigenvalue weighted by Gasteiger charge is -2.17. The number of carbonyl (C=O) groups is 1. The molecule has 66 valence electrons. The molecule has 0 aromatic carbocycles. The van der Waals surface area contributed by atoms with E-state index in [1.54, 1.807) is 0 Å². The summed E-state index contributed by atoms with van der Waals surface area (Å²) < 4.78 is 0. The molecule has 0 unspecified atom stereocenters. The highest BCUT2D eigenvalue weighted by Crippen LogP contribution is 2.08. The first-order chi connectivity index (χ1) is 5.26. The van der Waals surface area contributed by atoms with Crippen molar-refractivity contribution in [2.75, 3.05) is 18.8 Å². The van der Waals surface area contributed by atoms with Gasteiger partial charge in [-0.3, -0.25) is 4.79 Å². The molecular formula is C8H17NOS. The Labute approximate surface area is 73.3 Å². The minimum absolute atomic E-state index is 0.219.